The van der Waals surface area contributed by atoms with E-state index in [9.17, 15) is 4.79 Å². The zero-order valence-electron chi connectivity index (χ0n) is 7.53. The molecule has 2 heterocycles. The lowest BCUT2D eigenvalue weighted by atomic mass is 9.87. The molecule has 2 fully saturated rings. The molecule has 2 aliphatic heterocycles. The molecule has 0 aromatic carbocycles. The number of rotatable bonds is 1. The van der Waals surface area contributed by atoms with E-state index in [1.165, 1.54) is 0 Å². The Bertz CT molecular complexity index is 207. The summed E-state index contributed by atoms with van der Waals surface area (Å²) in [6, 6.07) is 0.267. The Labute approximate surface area is 77.3 Å². The summed E-state index contributed by atoms with van der Waals surface area (Å²) in [6.07, 6.45) is 1.75. The summed E-state index contributed by atoms with van der Waals surface area (Å²) in [5.74, 6) is -0.688. The fraction of sp³-hybridized carbons (Fsp3) is 0.889. The Morgan fingerprint density at radius 3 is 3.08 bits per heavy atom. The highest BCUT2D eigenvalue weighted by Crippen LogP contribution is 2.28. The molecule has 0 spiro atoms. The first kappa shape index (κ1) is 8.97. The Morgan fingerprint density at radius 1 is 1.46 bits per heavy atom. The van der Waals surface area contributed by atoms with Gasteiger partial charge in [0.05, 0.1) is 19.1 Å². The zero-order valence-corrected chi connectivity index (χ0v) is 7.53. The molecule has 13 heavy (non-hydrogen) atoms. The lowest BCUT2D eigenvalue weighted by molar-refractivity contribution is -0.144. The van der Waals surface area contributed by atoms with E-state index in [4.69, 9.17) is 9.84 Å². The maximum absolute atomic E-state index is 11.0. The molecule has 2 rings (SSSR count). The van der Waals surface area contributed by atoms with Crippen LogP contribution in [0.3, 0.4) is 0 Å². The van der Waals surface area contributed by atoms with Crippen molar-refractivity contribution in [2.75, 3.05) is 19.8 Å². The van der Waals surface area contributed by atoms with E-state index >= 15 is 0 Å². The van der Waals surface area contributed by atoms with Crippen molar-refractivity contribution >= 4 is 5.97 Å². The second-order valence-corrected chi connectivity index (χ2v) is 3.85. The van der Waals surface area contributed by atoms with Gasteiger partial charge in [0, 0.05) is 12.0 Å². The lowest BCUT2D eigenvalue weighted by Gasteiger charge is -2.20. The topological polar surface area (TPSA) is 58.6 Å². The van der Waals surface area contributed by atoms with E-state index in [1.54, 1.807) is 0 Å². The van der Waals surface area contributed by atoms with Crippen LogP contribution in [0.15, 0.2) is 0 Å². The molecule has 0 bridgehead atoms. The highest BCUT2D eigenvalue weighted by molar-refractivity contribution is 5.70. The normalized spacial score (nSPS) is 39.5. The second kappa shape index (κ2) is 3.64. The van der Waals surface area contributed by atoms with Crippen LogP contribution in [0, 0.1) is 11.8 Å². The van der Waals surface area contributed by atoms with Gasteiger partial charge in [-0.05, 0) is 19.4 Å². The van der Waals surface area contributed by atoms with Gasteiger partial charge >= 0.3 is 5.97 Å². The number of carbonyl (C=O) groups is 1. The fourth-order valence-electron chi connectivity index (χ4n) is 2.31. The smallest absolute Gasteiger partial charge is 0.306 e. The monoisotopic (exact) mass is 185 g/mol. The fourth-order valence-corrected chi connectivity index (χ4v) is 2.31. The summed E-state index contributed by atoms with van der Waals surface area (Å²) in [7, 11) is 0. The molecule has 74 valence electrons. The van der Waals surface area contributed by atoms with Gasteiger partial charge in [0.25, 0.3) is 0 Å². The average Bonchev–Trinajstić information content (AvgIpc) is 2.44. The van der Waals surface area contributed by atoms with Gasteiger partial charge in [-0.25, -0.2) is 0 Å². The molecule has 3 atom stereocenters. The molecule has 4 nitrogen and oxygen atoms in total. The standard InChI is InChI=1S/C9H15NO3/c11-9(12)6-2-1-3-10-8-5-13-4-7(6)8/h6-8,10H,1-5H2,(H,11,12). The van der Waals surface area contributed by atoms with Crippen LogP contribution in [0.4, 0.5) is 0 Å². The summed E-state index contributed by atoms with van der Waals surface area (Å²) in [5, 5.41) is 12.4. The molecular weight excluding hydrogens is 170 g/mol. The number of carboxylic acid groups (broad SMARTS) is 1. The predicted molar refractivity (Wildman–Crippen MR) is 46.5 cm³/mol. The number of nitrogens with one attached hydrogen (secondary N) is 1. The van der Waals surface area contributed by atoms with Gasteiger partial charge in [0.15, 0.2) is 0 Å². The van der Waals surface area contributed by atoms with Crippen LogP contribution in [0.25, 0.3) is 0 Å². The first-order valence-corrected chi connectivity index (χ1v) is 4.83. The number of fused-ring (bicyclic) bond motifs is 1. The number of carboxylic acids is 1. The molecule has 2 N–H and O–H groups in total. The largest absolute Gasteiger partial charge is 0.481 e. The summed E-state index contributed by atoms with van der Waals surface area (Å²) >= 11 is 0. The molecular formula is C9H15NO3. The first-order chi connectivity index (χ1) is 6.29. The number of hydrogen-bond donors (Lipinski definition) is 2. The summed E-state index contributed by atoms with van der Waals surface area (Å²) < 4.78 is 5.30. The Balaban J connectivity index is 2.10. The van der Waals surface area contributed by atoms with Gasteiger partial charge in [-0.3, -0.25) is 4.79 Å². The Kier molecular flexibility index (Phi) is 2.51. The minimum atomic E-state index is -0.663. The Hall–Kier alpha value is -0.610. The third kappa shape index (κ3) is 1.69. The van der Waals surface area contributed by atoms with E-state index in [0.29, 0.717) is 13.2 Å². The van der Waals surface area contributed by atoms with Crippen molar-refractivity contribution in [3.8, 4) is 0 Å². The third-order valence-electron chi connectivity index (χ3n) is 3.06. The molecule has 0 aromatic heterocycles. The number of ether oxygens (including phenoxy) is 1. The molecule has 0 radical (unpaired) electrons. The SMILES string of the molecule is O=C(O)C1CCCNC2COCC21. The van der Waals surface area contributed by atoms with Crippen LogP contribution in [0.5, 0.6) is 0 Å². The highest BCUT2D eigenvalue weighted by atomic mass is 16.5. The van der Waals surface area contributed by atoms with E-state index in [2.05, 4.69) is 5.32 Å². The summed E-state index contributed by atoms with van der Waals surface area (Å²) in [6.45, 7) is 2.21. The molecule has 3 unspecified atom stereocenters. The third-order valence-corrected chi connectivity index (χ3v) is 3.06. The van der Waals surface area contributed by atoms with Crippen LogP contribution in [0.2, 0.25) is 0 Å². The molecule has 0 saturated carbocycles. The summed E-state index contributed by atoms with van der Waals surface area (Å²) in [4.78, 5) is 11.0. The van der Waals surface area contributed by atoms with Crippen molar-refractivity contribution in [1.82, 2.24) is 5.32 Å². The quantitative estimate of drug-likeness (QED) is 0.607. The van der Waals surface area contributed by atoms with Gasteiger partial charge < -0.3 is 15.2 Å². The van der Waals surface area contributed by atoms with Crippen LogP contribution < -0.4 is 5.32 Å². The van der Waals surface area contributed by atoms with Crippen molar-refractivity contribution in [2.24, 2.45) is 11.8 Å². The minimum absolute atomic E-state index is 0.181. The van der Waals surface area contributed by atoms with Crippen molar-refractivity contribution in [3.05, 3.63) is 0 Å². The Morgan fingerprint density at radius 2 is 2.31 bits per heavy atom. The van der Waals surface area contributed by atoms with E-state index < -0.39 is 5.97 Å². The van der Waals surface area contributed by atoms with Gasteiger partial charge in [0.2, 0.25) is 0 Å². The van der Waals surface area contributed by atoms with Crippen LogP contribution in [0.1, 0.15) is 12.8 Å². The average molecular weight is 185 g/mol. The van der Waals surface area contributed by atoms with Crippen LogP contribution in [-0.2, 0) is 9.53 Å². The second-order valence-electron chi connectivity index (χ2n) is 3.85. The number of aliphatic carboxylic acids is 1. The van der Waals surface area contributed by atoms with Crippen molar-refractivity contribution in [2.45, 2.75) is 18.9 Å². The number of hydrogen-bond acceptors (Lipinski definition) is 3. The van der Waals surface area contributed by atoms with Crippen LogP contribution >= 0.6 is 0 Å². The van der Waals surface area contributed by atoms with Gasteiger partial charge in [-0.15, -0.1) is 0 Å². The van der Waals surface area contributed by atoms with Crippen molar-refractivity contribution in [3.63, 3.8) is 0 Å². The molecule has 2 saturated heterocycles. The molecule has 0 aromatic rings. The van der Waals surface area contributed by atoms with Crippen molar-refractivity contribution in [1.29, 1.82) is 0 Å². The van der Waals surface area contributed by atoms with Crippen molar-refractivity contribution < 1.29 is 14.6 Å². The maximum atomic E-state index is 11.0. The maximum Gasteiger partial charge on any atom is 0.306 e. The van der Waals surface area contributed by atoms with Gasteiger partial charge in [-0.2, -0.15) is 0 Å². The minimum Gasteiger partial charge on any atom is -0.481 e. The first-order valence-electron chi connectivity index (χ1n) is 4.83. The van der Waals surface area contributed by atoms with E-state index in [0.717, 1.165) is 19.4 Å². The molecule has 0 amide bonds. The summed E-state index contributed by atoms with van der Waals surface area (Å²) in [5.41, 5.74) is 0. The zero-order chi connectivity index (χ0) is 9.26. The van der Waals surface area contributed by atoms with E-state index in [1.807, 2.05) is 0 Å². The van der Waals surface area contributed by atoms with Gasteiger partial charge in [-0.1, -0.05) is 0 Å². The lowest BCUT2D eigenvalue weighted by Crippen LogP contribution is -2.38. The van der Waals surface area contributed by atoms with E-state index in [-0.39, 0.29) is 17.9 Å². The van der Waals surface area contributed by atoms with Crippen LogP contribution in [-0.4, -0.2) is 36.9 Å². The molecule has 4 heteroatoms. The van der Waals surface area contributed by atoms with Gasteiger partial charge in [0.1, 0.15) is 0 Å². The molecule has 0 aliphatic carbocycles. The molecule has 2 aliphatic rings. The predicted octanol–water partition coefficient (Wildman–Crippen LogP) is 0.0856. The highest BCUT2D eigenvalue weighted by Gasteiger charge is 2.39.